The molecule has 1 unspecified atom stereocenters. The number of piperazine rings is 1. The Morgan fingerprint density at radius 2 is 1.80 bits per heavy atom. The normalized spacial score (nSPS) is 23.0. The summed E-state index contributed by atoms with van der Waals surface area (Å²) in [5, 5.41) is 18.9. The number of carboxylic acid groups (broad SMARTS) is 1. The minimum absolute atomic E-state index is 0.144. The number of benzene rings is 1. The standard InChI is InChI=1S/C18H26IN3O3/c19-15-1-3-16(4-2-15)22-10-9-21(17(12-22)13-23)11-14-5-7-20(8-6-14)18(24)25/h1-4,14,17,23H,5-13H2,(H,24,25). The van der Waals surface area contributed by atoms with Crippen LogP contribution in [0.5, 0.6) is 0 Å². The van der Waals surface area contributed by atoms with E-state index in [4.69, 9.17) is 5.11 Å². The molecular weight excluding hydrogens is 433 g/mol. The molecule has 6 nitrogen and oxygen atoms in total. The molecule has 2 saturated heterocycles. The lowest BCUT2D eigenvalue weighted by Gasteiger charge is -2.44. The highest BCUT2D eigenvalue weighted by atomic mass is 127. The number of hydrogen-bond donors (Lipinski definition) is 2. The Balaban J connectivity index is 1.54. The van der Waals surface area contributed by atoms with E-state index in [-0.39, 0.29) is 12.6 Å². The molecule has 138 valence electrons. The van der Waals surface area contributed by atoms with Gasteiger partial charge >= 0.3 is 6.09 Å². The van der Waals surface area contributed by atoms with E-state index in [0.29, 0.717) is 19.0 Å². The van der Waals surface area contributed by atoms with Gasteiger partial charge < -0.3 is 20.0 Å². The summed E-state index contributed by atoms with van der Waals surface area (Å²) < 4.78 is 1.23. The molecule has 0 spiro atoms. The van der Waals surface area contributed by atoms with Crippen LogP contribution in [0, 0.1) is 9.49 Å². The summed E-state index contributed by atoms with van der Waals surface area (Å²) in [6, 6.07) is 8.67. The Hall–Kier alpha value is -1.06. The zero-order valence-electron chi connectivity index (χ0n) is 14.4. The van der Waals surface area contributed by atoms with Crippen molar-refractivity contribution >= 4 is 34.4 Å². The van der Waals surface area contributed by atoms with Gasteiger partial charge in [0.15, 0.2) is 0 Å². The molecule has 2 aliphatic rings. The van der Waals surface area contributed by atoms with Crippen molar-refractivity contribution in [3.8, 4) is 0 Å². The predicted molar refractivity (Wildman–Crippen MR) is 106 cm³/mol. The molecule has 1 amide bonds. The molecule has 2 N–H and O–H groups in total. The van der Waals surface area contributed by atoms with E-state index >= 15 is 0 Å². The van der Waals surface area contributed by atoms with Gasteiger partial charge in [-0.3, -0.25) is 4.90 Å². The molecule has 0 radical (unpaired) electrons. The summed E-state index contributed by atoms with van der Waals surface area (Å²) >= 11 is 2.31. The fourth-order valence-electron chi connectivity index (χ4n) is 3.83. The van der Waals surface area contributed by atoms with Gasteiger partial charge in [-0.2, -0.15) is 0 Å². The van der Waals surface area contributed by atoms with Crippen LogP contribution >= 0.6 is 22.6 Å². The minimum Gasteiger partial charge on any atom is -0.465 e. The fraction of sp³-hybridized carbons (Fsp3) is 0.611. The molecule has 2 aliphatic heterocycles. The van der Waals surface area contributed by atoms with Crippen molar-refractivity contribution in [1.29, 1.82) is 0 Å². The van der Waals surface area contributed by atoms with Crippen molar-refractivity contribution in [2.45, 2.75) is 18.9 Å². The Morgan fingerprint density at radius 3 is 2.40 bits per heavy atom. The SMILES string of the molecule is O=C(O)N1CCC(CN2CCN(c3ccc(I)cc3)CC2CO)CC1. The number of aliphatic hydroxyl groups excluding tert-OH is 1. The quantitative estimate of drug-likeness (QED) is 0.676. The molecule has 7 heteroatoms. The number of anilines is 1. The maximum atomic E-state index is 11.0. The molecule has 0 aromatic heterocycles. The van der Waals surface area contributed by atoms with E-state index in [2.05, 4.69) is 56.7 Å². The van der Waals surface area contributed by atoms with Gasteiger partial charge in [0.05, 0.1) is 12.6 Å². The van der Waals surface area contributed by atoms with E-state index < -0.39 is 6.09 Å². The monoisotopic (exact) mass is 459 g/mol. The second-order valence-electron chi connectivity index (χ2n) is 6.97. The van der Waals surface area contributed by atoms with Crippen LogP contribution in [0.25, 0.3) is 0 Å². The van der Waals surface area contributed by atoms with Gasteiger partial charge in [0.2, 0.25) is 0 Å². The third-order valence-electron chi connectivity index (χ3n) is 5.38. The van der Waals surface area contributed by atoms with Gasteiger partial charge in [-0.15, -0.1) is 0 Å². The molecule has 1 atom stereocenters. The van der Waals surface area contributed by atoms with Crippen LogP contribution in [0.1, 0.15) is 12.8 Å². The van der Waals surface area contributed by atoms with Gasteiger partial charge in [0.25, 0.3) is 0 Å². The topological polar surface area (TPSA) is 67.2 Å². The third-order valence-corrected chi connectivity index (χ3v) is 6.10. The van der Waals surface area contributed by atoms with Gasteiger partial charge in [-0.1, -0.05) is 0 Å². The van der Waals surface area contributed by atoms with Crippen molar-refractivity contribution < 1.29 is 15.0 Å². The fourth-order valence-corrected chi connectivity index (χ4v) is 4.19. The number of piperidine rings is 1. The zero-order chi connectivity index (χ0) is 17.8. The highest BCUT2D eigenvalue weighted by Crippen LogP contribution is 2.24. The second kappa shape index (κ2) is 8.55. The molecular formula is C18H26IN3O3. The Labute approximate surface area is 162 Å². The van der Waals surface area contributed by atoms with Gasteiger partial charge in [-0.05, 0) is 65.6 Å². The number of nitrogens with zero attached hydrogens (tertiary/aromatic N) is 3. The number of likely N-dealkylation sites (tertiary alicyclic amines) is 1. The molecule has 3 rings (SSSR count). The van der Waals surface area contributed by atoms with Crippen LogP contribution < -0.4 is 4.90 Å². The summed E-state index contributed by atoms with van der Waals surface area (Å²) in [5.41, 5.74) is 1.22. The van der Waals surface area contributed by atoms with Gasteiger partial charge in [0, 0.05) is 48.5 Å². The number of rotatable bonds is 4. The first-order valence-corrected chi connectivity index (χ1v) is 9.98. The van der Waals surface area contributed by atoms with Gasteiger partial charge in [0.1, 0.15) is 0 Å². The predicted octanol–water partition coefficient (Wildman–Crippen LogP) is 2.16. The van der Waals surface area contributed by atoms with Crippen LogP contribution in [-0.4, -0.2) is 78.0 Å². The smallest absolute Gasteiger partial charge is 0.407 e. The first-order valence-electron chi connectivity index (χ1n) is 8.90. The number of hydrogen-bond acceptors (Lipinski definition) is 4. The summed E-state index contributed by atoms with van der Waals surface area (Å²) in [6.07, 6.45) is 1.03. The first kappa shape index (κ1) is 18.7. The second-order valence-corrected chi connectivity index (χ2v) is 8.21. The lowest BCUT2D eigenvalue weighted by atomic mass is 9.95. The van der Waals surface area contributed by atoms with Crippen molar-refractivity contribution in [2.75, 3.05) is 50.8 Å². The minimum atomic E-state index is -0.808. The molecule has 25 heavy (non-hydrogen) atoms. The number of halogens is 1. The summed E-state index contributed by atoms with van der Waals surface area (Å²) in [5.74, 6) is 0.523. The van der Waals surface area contributed by atoms with E-state index in [1.807, 2.05) is 0 Å². The van der Waals surface area contributed by atoms with Gasteiger partial charge in [-0.25, -0.2) is 4.79 Å². The van der Waals surface area contributed by atoms with Crippen LogP contribution in [0.15, 0.2) is 24.3 Å². The van der Waals surface area contributed by atoms with E-state index in [1.165, 1.54) is 14.2 Å². The molecule has 1 aromatic carbocycles. The van der Waals surface area contributed by atoms with Crippen LogP contribution in [0.2, 0.25) is 0 Å². The number of carbonyl (C=O) groups is 1. The van der Waals surface area contributed by atoms with Crippen molar-refractivity contribution in [3.05, 3.63) is 27.8 Å². The maximum Gasteiger partial charge on any atom is 0.407 e. The van der Waals surface area contributed by atoms with E-state index in [9.17, 15) is 9.90 Å². The highest BCUT2D eigenvalue weighted by molar-refractivity contribution is 14.1. The largest absolute Gasteiger partial charge is 0.465 e. The lowest BCUT2D eigenvalue weighted by Crippen LogP contribution is -2.56. The van der Waals surface area contributed by atoms with Crippen molar-refractivity contribution in [2.24, 2.45) is 5.92 Å². The Morgan fingerprint density at radius 1 is 1.12 bits per heavy atom. The molecule has 2 heterocycles. The molecule has 1 aromatic rings. The molecule has 0 bridgehead atoms. The number of aliphatic hydroxyl groups is 1. The molecule has 0 aliphatic carbocycles. The summed E-state index contributed by atoms with van der Waals surface area (Å²) in [7, 11) is 0. The maximum absolute atomic E-state index is 11.0. The average Bonchev–Trinajstić information content (AvgIpc) is 2.63. The third kappa shape index (κ3) is 4.77. The van der Waals surface area contributed by atoms with Crippen LogP contribution in [0.4, 0.5) is 10.5 Å². The number of amides is 1. The average molecular weight is 459 g/mol. The molecule has 2 fully saturated rings. The Bertz CT molecular complexity index is 575. The van der Waals surface area contributed by atoms with Crippen LogP contribution in [-0.2, 0) is 0 Å². The van der Waals surface area contributed by atoms with E-state index in [0.717, 1.165) is 39.0 Å². The van der Waals surface area contributed by atoms with Crippen molar-refractivity contribution in [1.82, 2.24) is 9.80 Å². The van der Waals surface area contributed by atoms with Crippen molar-refractivity contribution in [3.63, 3.8) is 0 Å². The van der Waals surface area contributed by atoms with E-state index in [1.54, 1.807) is 0 Å². The lowest BCUT2D eigenvalue weighted by molar-refractivity contribution is 0.0747. The zero-order valence-corrected chi connectivity index (χ0v) is 16.5. The van der Waals surface area contributed by atoms with Crippen LogP contribution in [0.3, 0.4) is 0 Å². The highest BCUT2D eigenvalue weighted by Gasteiger charge is 2.30. The Kier molecular flexibility index (Phi) is 6.40. The summed E-state index contributed by atoms with van der Waals surface area (Å²) in [4.78, 5) is 17.3. The molecule has 0 saturated carbocycles. The first-order chi connectivity index (χ1) is 12.1. The summed E-state index contributed by atoms with van der Waals surface area (Å²) in [6.45, 7) is 5.12.